The van der Waals surface area contributed by atoms with Crippen molar-refractivity contribution < 1.29 is 27.4 Å². The van der Waals surface area contributed by atoms with Crippen LogP contribution in [-0.2, 0) is 0 Å². The van der Waals surface area contributed by atoms with Crippen LogP contribution < -0.4 is 20.2 Å². The summed E-state index contributed by atoms with van der Waals surface area (Å²) in [5, 5.41) is 2.44. The maximum Gasteiger partial charge on any atom is 0.573 e. The van der Waals surface area contributed by atoms with E-state index in [1.165, 1.54) is 18.3 Å². The van der Waals surface area contributed by atoms with Gasteiger partial charge in [-0.3, -0.25) is 9.59 Å². The van der Waals surface area contributed by atoms with Gasteiger partial charge in [0.15, 0.2) is 5.75 Å². The molecule has 1 amide bonds. The molecule has 1 aromatic heterocycles. The molecule has 1 aromatic carbocycles. The molecule has 0 bridgehead atoms. The Hall–Kier alpha value is -2.97. The zero-order chi connectivity index (χ0) is 17.7. The number of rotatable bonds is 5. The molecule has 0 unspecified atom stereocenters. The Morgan fingerprint density at radius 2 is 1.92 bits per heavy atom. The Morgan fingerprint density at radius 3 is 2.46 bits per heavy atom. The average Bonchev–Trinajstić information content (AvgIpc) is 2.50. The fraction of sp³-hybridized carbons (Fsp3) is 0.200. The lowest BCUT2D eigenvalue weighted by atomic mass is 10.2. The van der Waals surface area contributed by atoms with E-state index in [0.717, 1.165) is 18.2 Å². The summed E-state index contributed by atoms with van der Waals surface area (Å²) in [6, 6.07) is 5.67. The van der Waals surface area contributed by atoms with E-state index in [2.05, 4.69) is 15.0 Å². The molecule has 2 rings (SSSR count). The number of amides is 1. The summed E-state index contributed by atoms with van der Waals surface area (Å²) in [6.07, 6.45) is -3.52. The van der Waals surface area contributed by atoms with Gasteiger partial charge >= 0.3 is 6.36 Å². The molecular formula is C15H13F3N2O4. The number of hydrogen-bond acceptors (Lipinski definition) is 4. The van der Waals surface area contributed by atoms with Crippen LogP contribution in [-0.4, -0.2) is 23.9 Å². The summed E-state index contributed by atoms with van der Waals surface area (Å²) < 4.78 is 45.0. The van der Waals surface area contributed by atoms with Crippen molar-refractivity contribution >= 4 is 11.6 Å². The number of carbonyl (C=O) groups excluding carboxylic acids is 1. The number of ether oxygens (including phenoxy) is 2. The van der Waals surface area contributed by atoms with Crippen molar-refractivity contribution in [2.24, 2.45) is 0 Å². The molecule has 0 aliphatic heterocycles. The smallest absolute Gasteiger partial charge is 0.488 e. The van der Waals surface area contributed by atoms with Gasteiger partial charge in [0.2, 0.25) is 5.43 Å². The zero-order valence-corrected chi connectivity index (χ0v) is 12.4. The molecule has 0 aliphatic rings. The number of anilines is 1. The SMILES string of the molecule is CCOc1c[nH]c(C(=O)Nc2ccc(OC(F)(F)F)cc2)cc1=O. The van der Waals surface area contributed by atoms with E-state index in [4.69, 9.17) is 4.74 Å². The van der Waals surface area contributed by atoms with Crippen LogP contribution in [0.2, 0.25) is 0 Å². The van der Waals surface area contributed by atoms with Crippen LogP contribution >= 0.6 is 0 Å². The third-order valence-electron chi connectivity index (χ3n) is 2.77. The normalized spacial score (nSPS) is 11.0. The molecule has 0 fully saturated rings. The first kappa shape index (κ1) is 17.4. The van der Waals surface area contributed by atoms with Crippen LogP contribution in [0.25, 0.3) is 0 Å². The first-order chi connectivity index (χ1) is 11.3. The molecule has 24 heavy (non-hydrogen) atoms. The Bertz CT molecular complexity index is 770. The second kappa shape index (κ2) is 7.07. The number of H-pyrrole nitrogens is 1. The molecule has 2 N–H and O–H groups in total. The van der Waals surface area contributed by atoms with Crippen molar-refractivity contribution in [2.45, 2.75) is 13.3 Å². The summed E-state index contributed by atoms with van der Waals surface area (Å²) in [6.45, 7) is 2.02. The zero-order valence-electron chi connectivity index (χ0n) is 12.4. The molecule has 128 valence electrons. The van der Waals surface area contributed by atoms with Crippen LogP contribution in [0.5, 0.6) is 11.5 Å². The number of halogens is 3. The molecule has 0 atom stereocenters. The number of aromatic nitrogens is 1. The second-order valence-electron chi connectivity index (χ2n) is 4.53. The van der Waals surface area contributed by atoms with Crippen molar-refractivity contribution in [3.63, 3.8) is 0 Å². The van der Waals surface area contributed by atoms with Gasteiger partial charge in [0, 0.05) is 18.0 Å². The number of hydrogen-bond donors (Lipinski definition) is 2. The van der Waals surface area contributed by atoms with Gasteiger partial charge in [-0.2, -0.15) is 0 Å². The van der Waals surface area contributed by atoms with Crippen LogP contribution in [0, 0.1) is 0 Å². The highest BCUT2D eigenvalue weighted by atomic mass is 19.4. The van der Waals surface area contributed by atoms with Crippen molar-refractivity contribution in [1.82, 2.24) is 4.98 Å². The van der Waals surface area contributed by atoms with Gasteiger partial charge in [-0.15, -0.1) is 13.2 Å². The predicted octanol–water partition coefficient (Wildman–Crippen LogP) is 2.92. The van der Waals surface area contributed by atoms with Gasteiger partial charge in [0.25, 0.3) is 5.91 Å². The van der Waals surface area contributed by atoms with E-state index in [0.29, 0.717) is 6.61 Å². The minimum Gasteiger partial charge on any atom is -0.488 e. The van der Waals surface area contributed by atoms with E-state index in [-0.39, 0.29) is 17.1 Å². The first-order valence-electron chi connectivity index (χ1n) is 6.81. The van der Waals surface area contributed by atoms with Crippen LogP contribution in [0.1, 0.15) is 17.4 Å². The lowest BCUT2D eigenvalue weighted by Gasteiger charge is -2.10. The quantitative estimate of drug-likeness (QED) is 0.875. The standard InChI is InChI=1S/C15H13F3N2O4/c1-2-23-13-8-19-11(7-12(13)21)14(22)20-9-3-5-10(6-4-9)24-15(16,17)18/h3-8H,2H2,1H3,(H,19,21)(H,20,22). The lowest BCUT2D eigenvalue weighted by molar-refractivity contribution is -0.274. The molecule has 0 saturated carbocycles. The predicted molar refractivity (Wildman–Crippen MR) is 79.3 cm³/mol. The molecule has 0 saturated heterocycles. The Kier molecular flexibility index (Phi) is 5.12. The number of carbonyl (C=O) groups is 1. The van der Waals surface area contributed by atoms with Crippen LogP contribution in [0.3, 0.4) is 0 Å². The van der Waals surface area contributed by atoms with Gasteiger partial charge < -0.3 is 19.8 Å². The Labute approximate surface area is 134 Å². The van der Waals surface area contributed by atoms with E-state index >= 15 is 0 Å². The molecule has 2 aromatic rings. The van der Waals surface area contributed by atoms with E-state index in [1.807, 2.05) is 0 Å². The summed E-state index contributed by atoms with van der Waals surface area (Å²) in [4.78, 5) is 26.3. The van der Waals surface area contributed by atoms with Gasteiger partial charge in [0.05, 0.1) is 6.61 Å². The topological polar surface area (TPSA) is 80.4 Å². The summed E-state index contributed by atoms with van der Waals surface area (Å²) in [5.41, 5.74) is -0.238. The van der Waals surface area contributed by atoms with Gasteiger partial charge in [0.1, 0.15) is 11.4 Å². The van der Waals surface area contributed by atoms with Crippen LogP contribution in [0.15, 0.2) is 41.3 Å². The van der Waals surface area contributed by atoms with Crippen molar-refractivity contribution in [1.29, 1.82) is 0 Å². The lowest BCUT2D eigenvalue weighted by Crippen LogP contribution is -2.18. The van der Waals surface area contributed by atoms with Gasteiger partial charge in [-0.25, -0.2) is 0 Å². The highest BCUT2D eigenvalue weighted by Gasteiger charge is 2.30. The minimum absolute atomic E-state index is 0.0147. The number of nitrogens with one attached hydrogen (secondary N) is 2. The molecule has 1 heterocycles. The third-order valence-corrected chi connectivity index (χ3v) is 2.77. The van der Waals surface area contributed by atoms with Crippen molar-refractivity contribution in [2.75, 3.05) is 11.9 Å². The molecular weight excluding hydrogens is 329 g/mol. The van der Waals surface area contributed by atoms with E-state index < -0.39 is 23.4 Å². The Balaban J connectivity index is 2.07. The fourth-order valence-corrected chi connectivity index (χ4v) is 1.80. The Morgan fingerprint density at radius 1 is 1.25 bits per heavy atom. The van der Waals surface area contributed by atoms with Crippen molar-refractivity contribution in [3.05, 3.63) is 52.4 Å². The number of alkyl halides is 3. The monoisotopic (exact) mass is 342 g/mol. The maximum atomic E-state index is 12.1. The molecule has 0 aliphatic carbocycles. The molecule has 6 nitrogen and oxygen atoms in total. The average molecular weight is 342 g/mol. The third kappa shape index (κ3) is 4.77. The number of pyridine rings is 1. The summed E-state index contributed by atoms with van der Waals surface area (Å²) in [5.74, 6) is -0.947. The summed E-state index contributed by atoms with van der Waals surface area (Å²) >= 11 is 0. The van der Waals surface area contributed by atoms with Crippen LogP contribution in [0.4, 0.5) is 18.9 Å². The van der Waals surface area contributed by atoms with Gasteiger partial charge in [-0.05, 0) is 31.2 Å². The minimum atomic E-state index is -4.79. The molecule has 9 heteroatoms. The van der Waals surface area contributed by atoms with E-state index in [9.17, 15) is 22.8 Å². The molecule has 0 spiro atoms. The number of aromatic amines is 1. The first-order valence-corrected chi connectivity index (χ1v) is 6.81. The van der Waals surface area contributed by atoms with Gasteiger partial charge in [-0.1, -0.05) is 0 Å². The second-order valence-corrected chi connectivity index (χ2v) is 4.53. The highest BCUT2D eigenvalue weighted by Crippen LogP contribution is 2.24. The number of benzene rings is 1. The molecule has 0 radical (unpaired) electrons. The largest absolute Gasteiger partial charge is 0.573 e. The fourth-order valence-electron chi connectivity index (χ4n) is 1.80. The maximum absolute atomic E-state index is 12.1. The van der Waals surface area contributed by atoms with E-state index in [1.54, 1.807) is 6.92 Å². The highest BCUT2D eigenvalue weighted by molar-refractivity contribution is 6.02. The van der Waals surface area contributed by atoms with Crippen molar-refractivity contribution in [3.8, 4) is 11.5 Å². The summed E-state index contributed by atoms with van der Waals surface area (Å²) in [7, 11) is 0.